The minimum absolute atomic E-state index is 0.189. The van der Waals surface area contributed by atoms with Crippen LogP contribution in [0.2, 0.25) is 0 Å². The van der Waals surface area contributed by atoms with E-state index in [0.29, 0.717) is 5.92 Å². The normalized spacial score (nSPS) is 19.9. The fourth-order valence-electron chi connectivity index (χ4n) is 2.73. The van der Waals surface area contributed by atoms with Crippen molar-refractivity contribution in [1.82, 2.24) is 4.90 Å². The Hall–Kier alpha value is -1.06. The van der Waals surface area contributed by atoms with Crippen molar-refractivity contribution in [1.29, 1.82) is 0 Å². The second-order valence-corrected chi connectivity index (χ2v) is 6.08. The molecule has 1 aromatic carbocycles. The highest BCUT2D eigenvalue weighted by Crippen LogP contribution is 2.18. The van der Waals surface area contributed by atoms with E-state index in [-0.39, 0.29) is 6.10 Å². The number of anilines is 1. The third-order valence-electron chi connectivity index (χ3n) is 4.49. The number of aryl methyl sites for hydroxylation is 1. The molecule has 1 N–H and O–H groups in total. The van der Waals surface area contributed by atoms with Gasteiger partial charge in [0, 0.05) is 38.4 Å². The van der Waals surface area contributed by atoms with Crippen LogP contribution in [0.1, 0.15) is 25.8 Å². The van der Waals surface area contributed by atoms with E-state index in [4.69, 9.17) is 0 Å². The molecular weight excluding hydrogens is 248 g/mol. The molecule has 2 rings (SSSR count). The van der Waals surface area contributed by atoms with E-state index in [1.165, 1.54) is 11.3 Å². The maximum absolute atomic E-state index is 10.1. The number of rotatable bonds is 5. The highest BCUT2D eigenvalue weighted by molar-refractivity contribution is 5.48. The summed E-state index contributed by atoms with van der Waals surface area (Å²) in [6, 6.07) is 8.71. The largest absolute Gasteiger partial charge is 0.392 e. The Morgan fingerprint density at radius 3 is 2.50 bits per heavy atom. The van der Waals surface area contributed by atoms with Crippen LogP contribution >= 0.6 is 0 Å². The highest BCUT2D eigenvalue weighted by Gasteiger charge is 2.21. The first kappa shape index (κ1) is 15.3. The Balaban J connectivity index is 1.83. The molecule has 0 bridgehead atoms. The molecule has 1 fully saturated rings. The van der Waals surface area contributed by atoms with Crippen LogP contribution in [0.15, 0.2) is 24.3 Å². The lowest BCUT2D eigenvalue weighted by Crippen LogP contribution is -2.49. The lowest BCUT2D eigenvalue weighted by atomic mass is 10.0. The molecule has 20 heavy (non-hydrogen) atoms. The molecule has 2 unspecified atom stereocenters. The predicted octanol–water partition coefficient (Wildman–Crippen LogP) is 2.52. The standard InChI is InChI=1S/C17H28N2O/c1-4-15(3)17(20)13-18-8-10-19(11-9-18)16-7-5-6-14(2)12-16/h5-7,12,15,17,20H,4,8-11,13H2,1-3H3. The van der Waals surface area contributed by atoms with Crippen molar-refractivity contribution in [2.24, 2.45) is 5.92 Å². The SMILES string of the molecule is CCC(C)C(O)CN1CCN(c2cccc(C)c2)CC1. The number of nitrogens with zero attached hydrogens (tertiary/aromatic N) is 2. The second-order valence-electron chi connectivity index (χ2n) is 6.08. The van der Waals surface area contributed by atoms with Crippen molar-refractivity contribution in [2.75, 3.05) is 37.6 Å². The molecule has 0 radical (unpaired) electrons. The summed E-state index contributed by atoms with van der Waals surface area (Å²) in [6.07, 6.45) is 0.857. The molecule has 1 aliphatic heterocycles. The van der Waals surface area contributed by atoms with Gasteiger partial charge in [-0.2, -0.15) is 0 Å². The van der Waals surface area contributed by atoms with Gasteiger partial charge in [0.15, 0.2) is 0 Å². The molecule has 0 saturated carbocycles. The Bertz CT molecular complexity index is 413. The van der Waals surface area contributed by atoms with Gasteiger partial charge >= 0.3 is 0 Å². The molecule has 1 heterocycles. The third-order valence-corrected chi connectivity index (χ3v) is 4.49. The summed E-state index contributed by atoms with van der Waals surface area (Å²) < 4.78 is 0. The Kier molecular flexibility index (Phi) is 5.44. The first-order valence-electron chi connectivity index (χ1n) is 7.82. The fraction of sp³-hybridized carbons (Fsp3) is 0.647. The molecule has 1 saturated heterocycles. The fourth-order valence-corrected chi connectivity index (χ4v) is 2.73. The van der Waals surface area contributed by atoms with Gasteiger partial charge in [0.2, 0.25) is 0 Å². The van der Waals surface area contributed by atoms with E-state index < -0.39 is 0 Å². The van der Waals surface area contributed by atoms with Gasteiger partial charge in [0.05, 0.1) is 6.10 Å². The minimum Gasteiger partial charge on any atom is -0.392 e. The summed E-state index contributed by atoms with van der Waals surface area (Å²) in [5.41, 5.74) is 2.64. The van der Waals surface area contributed by atoms with E-state index in [2.05, 4.69) is 54.8 Å². The first-order valence-corrected chi connectivity index (χ1v) is 7.82. The van der Waals surface area contributed by atoms with E-state index >= 15 is 0 Å². The van der Waals surface area contributed by atoms with Crippen LogP contribution in [0.4, 0.5) is 5.69 Å². The van der Waals surface area contributed by atoms with Crippen molar-refractivity contribution >= 4 is 5.69 Å². The zero-order valence-corrected chi connectivity index (χ0v) is 13.0. The van der Waals surface area contributed by atoms with Crippen molar-refractivity contribution in [3.63, 3.8) is 0 Å². The number of piperazine rings is 1. The lowest BCUT2D eigenvalue weighted by molar-refractivity contribution is 0.0663. The summed E-state index contributed by atoms with van der Waals surface area (Å²) in [4.78, 5) is 4.84. The average molecular weight is 276 g/mol. The summed E-state index contributed by atoms with van der Waals surface area (Å²) in [6.45, 7) is 11.4. The molecular formula is C17H28N2O. The minimum atomic E-state index is -0.189. The van der Waals surface area contributed by atoms with Gasteiger partial charge in [-0.1, -0.05) is 32.4 Å². The van der Waals surface area contributed by atoms with Gasteiger partial charge in [0.25, 0.3) is 0 Å². The maximum Gasteiger partial charge on any atom is 0.0692 e. The monoisotopic (exact) mass is 276 g/mol. The quantitative estimate of drug-likeness (QED) is 0.895. The number of benzene rings is 1. The van der Waals surface area contributed by atoms with Gasteiger partial charge in [-0.25, -0.2) is 0 Å². The van der Waals surface area contributed by atoms with Crippen LogP contribution in [-0.2, 0) is 0 Å². The van der Waals surface area contributed by atoms with Gasteiger partial charge in [-0.3, -0.25) is 4.90 Å². The Morgan fingerprint density at radius 2 is 1.90 bits per heavy atom. The number of aliphatic hydroxyl groups excluding tert-OH is 1. The van der Waals surface area contributed by atoms with Crippen LogP contribution in [-0.4, -0.2) is 48.8 Å². The summed E-state index contributed by atoms with van der Waals surface area (Å²) >= 11 is 0. The topological polar surface area (TPSA) is 26.7 Å². The van der Waals surface area contributed by atoms with Crippen LogP contribution < -0.4 is 4.90 Å². The van der Waals surface area contributed by atoms with E-state index in [1.807, 2.05) is 0 Å². The van der Waals surface area contributed by atoms with Crippen molar-refractivity contribution in [2.45, 2.75) is 33.3 Å². The zero-order valence-electron chi connectivity index (χ0n) is 13.0. The highest BCUT2D eigenvalue weighted by atomic mass is 16.3. The lowest BCUT2D eigenvalue weighted by Gasteiger charge is -2.37. The molecule has 0 aromatic heterocycles. The maximum atomic E-state index is 10.1. The van der Waals surface area contributed by atoms with Crippen LogP contribution in [0.25, 0.3) is 0 Å². The second kappa shape index (κ2) is 7.09. The Morgan fingerprint density at radius 1 is 1.20 bits per heavy atom. The third kappa shape index (κ3) is 3.97. The smallest absolute Gasteiger partial charge is 0.0692 e. The van der Waals surface area contributed by atoms with E-state index in [0.717, 1.165) is 39.1 Å². The number of hydrogen-bond acceptors (Lipinski definition) is 3. The summed E-state index contributed by atoms with van der Waals surface area (Å²) in [5.74, 6) is 0.393. The van der Waals surface area contributed by atoms with Crippen LogP contribution in [0.5, 0.6) is 0 Å². The molecule has 3 nitrogen and oxygen atoms in total. The average Bonchev–Trinajstić information content (AvgIpc) is 2.47. The van der Waals surface area contributed by atoms with Crippen LogP contribution in [0, 0.1) is 12.8 Å². The molecule has 3 heteroatoms. The molecule has 112 valence electrons. The van der Waals surface area contributed by atoms with Gasteiger partial charge < -0.3 is 10.0 Å². The number of β-amino-alcohol motifs (C(OH)–C–C–N with tert-alkyl or cyclic N) is 1. The summed E-state index contributed by atoms with van der Waals surface area (Å²) in [5, 5.41) is 10.1. The summed E-state index contributed by atoms with van der Waals surface area (Å²) in [7, 11) is 0. The van der Waals surface area contributed by atoms with Crippen LogP contribution in [0.3, 0.4) is 0 Å². The molecule has 0 spiro atoms. The van der Waals surface area contributed by atoms with Crippen molar-refractivity contribution in [3.05, 3.63) is 29.8 Å². The van der Waals surface area contributed by atoms with Gasteiger partial charge in [-0.05, 0) is 30.5 Å². The van der Waals surface area contributed by atoms with E-state index in [1.54, 1.807) is 0 Å². The number of hydrogen-bond donors (Lipinski definition) is 1. The Labute approximate surface area is 123 Å². The first-order chi connectivity index (χ1) is 9.60. The molecule has 1 aromatic rings. The molecule has 1 aliphatic rings. The molecule has 2 atom stereocenters. The predicted molar refractivity (Wildman–Crippen MR) is 85.3 cm³/mol. The van der Waals surface area contributed by atoms with Crippen molar-refractivity contribution < 1.29 is 5.11 Å². The van der Waals surface area contributed by atoms with Crippen molar-refractivity contribution in [3.8, 4) is 0 Å². The van der Waals surface area contributed by atoms with Gasteiger partial charge in [0.1, 0.15) is 0 Å². The molecule has 0 amide bonds. The number of aliphatic hydroxyl groups is 1. The van der Waals surface area contributed by atoms with Gasteiger partial charge in [-0.15, -0.1) is 0 Å². The van der Waals surface area contributed by atoms with E-state index in [9.17, 15) is 5.11 Å². The zero-order chi connectivity index (χ0) is 14.5. The molecule has 0 aliphatic carbocycles.